The van der Waals surface area contributed by atoms with Crippen LogP contribution >= 0.6 is 7.82 Å². The predicted molar refractivity (Wildman–Crippen MR) is 132 cm³/mol. The number of phosphoric ester groups is 1. The number of alkyl halides is 2. The van der Waals surface area contributed by atoms with Gasteiger partial charge in [0.05, 0.1) is 17.4 Å². The van der Waals surface area contributed by atoms with Crippen molar-refractivity contribution >= 4 is 19.4 Å². The molecule has 1 aromatic carbocycles. The molecule has 1 aliphatic carbocycles. The van der Waals surface area contributed by atoms with Crippen molar-refractivity contribution in [3.63, 3.8) is 0 Å². The Morgan fingerprint density at radius 3 is 2.59 bits per heavy atom. The predicted octanol–water partition coefficient (Wildman–Crippen LogP) is 4.06. The summed E-state index contributed by atoms with van der Waals surface area (Å²) in [7, 11) is -4.77. The van der Waals surface area contributed by atoms with Gasteiger partial charge in [-0.2, -0.15) is 8.78 Å². The molecule has 0 fully saturated rings. The van der Waals surface area contributed by atoms with Gasteiger partial charge < -0.3 is 24.2 Å². The van der Waals surface area contributed by atoms with E-state index >= 15 is 0 Å². The first kappa shape index (κ1) is 25.5. The van der Waals surface area contributed by atoms with E-state index in [4.69, 9.17) is 14.2 Å². The third-order valence-electron chi connectivity index (χ3n) is 6.87. The van der Waals surface area contributed by atoms with E-state index in [0.717, 1.165) is 5.69 Å². The maximum absolute atomic E-state index is 13.2. The molecule has 202 valence electrons. The molecular weight excluding hydrogens is 535 g/mol. The lowest BCUT2D eigenvalue weighted by atomic mass is 9.91. The number of hydrogen-bond acceptors (Lipinski definition) is 7. The molecule has 0 spiro atoms. The average molecular weight is 557 g/mol. The smallest absolute Gasteiger partial charge is 0.434 e. The molecule has 14 heteroatoms. The molecule has 1 aliphatic heterocycles. The van der Waals surface area contributed by atoms with E-state index in [-0.39, 0.29) is 23.0 Å². The lowest BCUT2D eigenvalue weighted by Crippen LogP contribution is -2.27. The number of pyridine rings is 1. The van der Waals surface area contributed by atoms with Gasteiger partial charge in [-0.05, 0) is 44.5 Å². The number of aromatic nitrogens is 4. The molecule has 6 rings (SSSR count). The number of fused-ring (bicyclic) bond motifs is 9. The molecule has 39 heavy (non-hydrogen) atoms. The topological polar surface area (TPSA) is 148 Å². The van der Waals surface area contributed by atoms with Crippen molar-refractivity contribution in [2.45, 2.75) is 44.4 Å². The minimum Gasteiger partial charge on any atom is -0.434 e. The fourth-order valence-corrected chi connectivity index (χ4v) is 6.03. The number of ether oxygens (including phenoxy) is 1. The second-order valence-electron chi connectivity index (χ2n) is 9.83. The van der Waals surface area contributed by atoms with Crippen LogP contribution < -0.4 is 10.1 Å². The zero-order chi connectivity index (χ0) is 27.7. The van der Waals surface area contributed by atoms with Gasteiger partial charge in [0.25, 0.3) is 5.91 Å². The van der Waals surface area contributed by atoms with Crippen molar-refractivity contribution in [3.05, 3.63) is 77.3 Å². The Kier molecular flexibility index (Phi) is 5.81. The first-order valence-electron chi connectivity index (χ1n) is 11.9. The van der Waals surface area contributed by atoms with Crippen LogP contribution in [0, 0.1) is 0 Å². The van der Waals surface area contributed by atoms with E-state index in [1.54, 1.807) is 12.1 Å². The first-order valence-corrected chi connectivity index (χ1v) is 13.4. The molecule has 2 bridgehead atoms. The third kappa shape index (κ3) is 4.47. The molecule has 2 atom stereocenters. The lowest BCUT2D eigenvalue weighted by molar-refractivity contribution is -0.0506. The Labute approximate surface area is 220 Å². The summed E-state index contributed by atoms with van der Waals surface area (Å²) < 4.78 is 49.3. The summed E-state index contributed by atoms with van der Waals surface area (Å²) in [5, 5.41) is 2.96. The number of imidazole rings is 1. The summed E-state index contributed by atoms with van der Waals surface area (Å²) >= 11 is 0. The Morgan fingerprint density at radius 2 is 1.90 bits per heavy atom. The van der Waals surface area contributed by atoms with Crippen molar-refractivity contribution in [2.75, 3.05) is 0 Å². The molecule has 0 radical (unpaired) electrons. The molecule has 11 nitrogen and oxygen atoms in total. The van der Waals surface area contributed by atoms with Crippen LogP contribution in [-0.4, -0.2) is 41.7 Å². The van der Waals surface area contributed by atoms with E-state index in [1.807, 2.05) is 16.7 Å². The van der Waals surface area contributed by atoms with Crippen LogP contribution in [0.4, 0.5) is 8.78 Å². The van der Waals surface area contributed by atoms with Crippen LogP contribution in [0.3, 0.4) is 0 Å². The summed E-state index contributed by atoms with van der Waals surface area (Å²) in [6.45, 7) is -0.149. The maximum atomic E-state index is 13.2. The van der Waals surface area contributed by atoms with Gasteiger partial charge in [0.2, 0.25) is 0 Å². The Hall–Kier alpha value is -3.77. The van der Waals surface area contributed by atoms with E-state index in [9.17, 15) is 27.9 Å². The highest BCUT2D eigenvalue weighted by atomic mass is 31.2. The molecule has 0 saturated carbocycles. The number of halogens is 2. The average Bonchev–Trinajstić information content (AvgIpc) is 3.34. The zero-order valence-corrected chi connectivity index (χ0v) is 21.5. The number of rotatable bonds is 6. The van der Waals surface area contributed by atoms with Crippen molar-refractivity contribution in [1.82, 2.24) is 24.7 Å². The van der Waals surface area contributed by atoms with Gasteiger partial charge >= 0.3 is 14.4 Å². The monoisotopic (exact) mass is 557 g/mol. The van der Waals surface area contributed by atoms with Gasteiger partial charge in [-0.1, -0.05) is 6.07 Å². The van der Waals surface area contributed by atoms with Crippen LogP contribution in [-0.2, 0) is 14.7 Å². The van der Waals surface area contributed by atoms with E-state index in [2.05, 4.69) is 15.3 Å². The van der Waals surface area contributed by atoms with Gasteiger partial charge in [0, 0.05) is 46.8 Å². The van der Waals surface area contributed by atoms with Crippen molar-refractivity contribution in [3.8, 4) is 16.9 Å². The molecule has 4 aromatic rings. The fourth-order valence-electron chi connectivity index (χ4n) is 5.36. The summed E-state index contributed by atoms with van der Waals surface area (Å²) in [5.74, 6) is -0.763. The van der Waals surface area contributed by atoms with Gasteiger partial charge in [-0.3, -0.25) is 9.32 Å². The number of nitrogens with zero attached hydrogens (tertiary/aromatic N) is 4. The van der Waals surface area contributed by atoms with Crippen LogP contribution in [0.25, 0.3) is 16.8 Å². The fraction of sp³-hybridized carbons (Fsp3) is 0.280. The van der Waals surface area contributed by atoms with Gasteiger partial charge in [-0.15, -0.1) is 0 Å². The number of phosphoric acid groups is 1. The number of carbonyl (C=O) groups is 1. The summed E-state index contributed by atoms with van der Waals surface area (Å²) in [4.78, 5) is 44.5. The summed E-state index contributed by atoms with van der Waals surface area (Å²) in [6.07, 6.45) is 5.30. The first-order chi connectivity index (χ1) is 18.4. The minimum absolute atomic E-state index is 0.0496. The van der Waals surface area contributed by atoms with E-state index < -0.39 is 32.0 Å². The van der Waals surface area contributed by atoms with Crippen LogP contribution in [0.15, 0.2) is 48.9 Å². The normalized spacial score (nSPS) is 18.6. The zero-order valence-electron chi connectivity index (χ0n) is 20.6. The van der Waals surface area contributed by atoms with Crippen molar-refractivity contribution < 1.29 is 37.2 Å². The highest BCUT2D eigenvalue weighted by molar-refractivity contribution is 7.46. The van der Waals surface area contributed by atoms with Crippen molar-refractivity contribution in [1.29, 1.82) is 0 Å². The molecule has 2 aliphatic rings. The highest BCUT2D eigenvalue weighted by Gasteiger charge is 2.43. The molecule has 3 aromatic heterocycles. The van der Waals surface area contributed by atoms with E-state index in [0.29, 0.717) is 34.5 Å². The number of nitrogens with one attached hydrogen (secondary N) is 1. The highest BCUT2D eigenvalue weighted by Crippen LogP contribution is 2.50. The number of amides is 1. The Morgan fingerprint density at radius 1 is 1.15 bits per heavy atom. The summed E-state index contributed by atoms with van der Waals surface area (Å²) in [5.41, 5.74) is 2.59. The molecule has 1 amide bonds. The Bertz CT molecular complexity index is 1670. The van der Waals surface area contributed by atoms with E-state index in [1.165, 1.54) is 38.4 Å². The third-order valence-corrected chi connectivity index (χ3v) is 7.56. The van der Waals surface area contributed by atoms with Crippen LogP contribution in [0.1, 0.15) is 65.4 Å². The standard InChI is InChI=1S/C25H22F2N5O6P/c1-25(2,38-39(34,35)36)23-28-9-13(10-29-23)12-6-7-18-31-20-16-8-15(21(20)32(18)11-12)19-14(22(33)30-16)4-3-5-17(19)37-24(26)27/h3-7,9-11,15-16,24H,8H2,1-2H3,(H,30,33)(H2,34,35,36)/t15-,16+/m1/s1. The quantitative estimate of drug-likeness (QED) is 0.299. The van der Waals surface area contributed by atoms with Gasteiger partial charge in [-0.25, -0.2) is 19.5 Å². The van der Waals surface area contributed by atoms with Crippen molar-refractivity contribution in [2.24, 2.45) is 0 Å². The van der Waals surface area contributed by atoms with Gasteiger partial charge in [0.1, 0.15) is 17.0 Å². The number of benzene rings is 1. The van der Waals surface area contributed by atoms with Crippen LogP contribution in [0.2, 0.25) is 0 Å². The maximum Gasteiger partial charge on any atom is 0.470 e. The molecule has 4 heterocycles. The molecule has 0 unspecified atom stereocenters. The SMILES string of the molecule is CC(C)(OP(=O)(O)O)c1ncc(-c2ccc3nc4c(n3c2)[C@@H]2C[C@@H]4NC(=O)c3cccc(OC(F)F)c32)cn1. The second kappa shape index (κ2) is 8.88. The largest absolute Gasteiger partial charge is 0.470 e. The Balaban J connectivity index is 1.43. The number of carbonyl (C=O) groups excluding carboxylic acids is 1. The second-order valence-corrected chi connectivity index (χ2v) is 11.0. The molecular formula is C25H22F2N5O6P. The lowest BCUT2D eigenvalue weighted by Gasteiger charge is -2.23. The minimum atomic E-state index is -4.77. The number of hydrogen-bond donors (Lipinski definition) is 3. The summed E-state index contributed by atoms with van der Waals surface area (Å²) in [6, 6.07) is 7.74. The molecule has 0 saturated heterocycles. The van der Waals surface area contributed by atoms with Gasteiger partial charge in [0.15, 0.2) is 5.82 Å². The van der Waals surface area contributed by atoms with Crippen LogP contribution in [0.5, 0.6) is 5.75 Å². The molecule has 3 N–H and O–H groups in total.